The van der Waals surface area contributed by atoms with Crippen molar-refractivity contribution in [2.75, 3.05) is 6.54 Å². The summed E-state index contributed by atoms with van der Waals surface area (Å²) >= 11 is 1.53. The van der Waals surface area contributed by atoms with Gasteiger partial charge in [-0.1, -0.05) is 24.3 Å². The summed E-state index contributed by atoms with van der Waals surface area (Å²) < 4.78 is 38.4. The highest BCUT2D eigenvalue weighted by Gasteiger charge is 2.48. The molecule has 0 radical (unpaired) electrons. The first kappa shape index (κ1) is 22.4. The normalized spacial score (nSPS) is 20.4. The van der Waals surface area contributed by atoms with Crippen molar-refractivity contribution in [3.8, 4) is 10.4 Å². The number of nitrogens with two attached hydrogens (primary N) is 1. The second kappa shape index (κ2) is 8.83. The van der Waals surface area contributed by atoms with Crippen molar-refractivity contribution in [1.29, 1.82) is 0 Å². The SMILES string of the molecule is Cc1ncsc1-c1ccc(CCC(=O)[C@@H]2C[C@@H](O)CN2C(=O)[C@@H](N)C(F)(F)F)cc1. The molecule has 3 rings (SSSR count). The molecule has 0 spiro atoms. The number of hydrogen-bond donors (Lipinski definition) is 2. The van der Waals surface area contributed by atoms with E-state index in [2.05, 4.69) is 4.98 Å². The molecule has 30 heavy (non-hydrogen) atoms. The molecule has 0 bridgehead atoms. The first-order valence-corrected chi connectivity index (χ1v) is 10.3. The van der Waals surface area contributed by atoms with Gasteiger partial charge in [0.05, 0.1) is 28.2 Å². The number of likely N-dealkylation sites (tertiary alicyclic amines) is 1. The maximum Gasteiger partial charge on any atom is 0.412 e. The van der Waals surface area contributed by atoms with Gasteiger partial charge in [-0.25, -0.2) is 4.98 Å². The van der Waals surface area contributed by atoms with Crippen LogP contribution in [0.4, 0.5) is 13.2 Å². The molecule has 1 saturated heterocycles. The smallest absolute Gasteiger partial charge is 0.391 e. The largest absolute Gasteiger partial charge is 0.412 e. The van der Waals surface area contributed by atoms with E-state index in [1.807, 2.05) is 31.2 Å². The van der Waals surface area contributed by atoms with Gasteiger partial charge in [0.25, 0.3) is 0 Å². The fourth-order valence-corrected chi connectivity index (χ4v) is 4.33. The van der Waals surface area contributed by atoms with Gasteiger partial charge in [0.1, 0.15) is 0 Å². The third-order valence-corrected chi connectivity index (χ3v) is 6.15. The van der Waals surface area contributed by atoms with Crippen LogP contribution in [-0.4, -0.2) is 57.6 Å². The van der Waals surface area contributed by atoms with E-state index in [9.17, 15) is 27.9 Å². The lowest BCUT2D eigenvalue weighted by Crippen LogP contribution is -2.54. The van der Waals surface area contributed by atoms with Gasteiger partial charge in [-0.15, -0.1) is 11.3 Å². The summed E-state index contributed by atoms with van der Waals surface area (Å²) in [6, 6.07) is 3.82. The van der Waals surface area contributed by atoms with Gasteiger partial charge in [-0.2, -0.15) is 13.2 Å². The second-order valence-electron chi connectivity index (χ2n) is 7.35. The molecule has 3 N–H and O–H groups in total. The average molecular weight is 441 g/mol. The third kappa shape index (κ3) is 4.88. The van der Waals surface area contributed by atoms with Crippen LogP contribution in [0.15, 0.2) is 29.8 Å². The topological polar surface area (TPSA) is 96.5 Å². The molecule has 1 aromatic carbocycles. The number of β-amino-alcohol motifs (C(OH)–C–C–N with tert-alkyl or cyclic N) is 1. The average Bonchev–Trinajstić information content (AvgIpc) is 3.30. The Morgan fingerprint density at radius 3 is 2.57 bits per heavy atom. The summed E-state index contributed by atoms with van der Waals surface area (Å²) in [5.41, 5.74) is 9.61. The first-order chi connectivity index (χ1) is 14.1. The second-order valence-corrected chi connectivity index (χ2v) is 8.20. The van der Waals surface area contributed by atoms with Gasteiger partial charge < -0.3 is 15.7 Å². The van der Waals surface area contributed by atoms with E-state index < -0.39 is 36.1 Å². The van der Waals surface area contributed by atoms with Crippen LogP contribution in [0, 0.1) is 6.92 Å². The summed E-state index contributed by atoms with van der Waals surface area (Å²) in [5, 5.41) is 9.81. The lowest BCUT2D eigenvalue weighted by Gasteiger charge is -2.27. The molecular weight excluding hydrogens is 419 g/mol. The summed E-state index contributed by atoms with van der Waals surface area (Å²) in [7, 11) is 0. The van der Waals surface area contributed by atoms with Crippen molar-refractivity contribution in [3.63, 3.8) is 0 Å². The standard InChI is InChI=1S/C20H22F3N3O3S/c1-11-17(30-10-25-11)13-5-2-12(3-6-13)4-7-16(28)15-8-14(27)9-26(15)19(29)18(24)20(21,22)23/h2-3,5-6,10,14-15,18,27H,4,7-9,24H2,1H3/t14-,15+,18-/m1/s1. The zero-order chi connectivity index (χ0) is 22.1. The van der Waals surface area contributed by atoms with Crippen molar-refractivity contribution < 1.29 is 27.9 Å². The minimum Gasteiger partial charge on any atom is -0.391 e. The van der Waals surface area contributed by atoms with E-state index >= 15 is 0 Å². The van der Waals surface area contributed by atoms with E-state index in [-0.39, 0.29) is 19.4 Å². The fraction of sp³-hybridized carbons (Fsp3) is 0.450. The molecule has 1 amide bonds. The van der Waals surface area contributed by atoms with E-state index in [1.54, 1.807) is 5.51 Å². The molecule has 1 aromatic heterocycles. The van der Waals surface area contributed by atoms with Crippen LogP contribution in [0.3, 0.4) is 0 Å². The molecule has 2 aromatic rings. The molecule has 1 aliphatic rings. The first-order valence-electron chi connectivity index (χ1n) is 9.41. The Labute approximate surface area is 175 Å². The summed E-state index contributed by atoms with van der Waals surface area (Å²) in [6.45, 7) is 1.59. The van der Waals surface area contributed by atoms with Crippen molar-refractivity contribution in [2.24, 2.45) is 5.73 Å². The number of thiazole rings is 1. The fourth-order valence-electron chi connectivity index (χ4n) is 3.52. The van der Waals surface area contributed by atoms with Crippen LogP contribution in [0.2, 0.25) is 0 Å². The number of aryl methyl sites for hydroxylation is 2. The number of nitrogens with zero attached hydrogens (tertiary/aromatic N) is 2. The Hall–Kier alpha value is -2.30. The van der Waals surface area contributed by atoms with E-state index in [4.69, 9.17) is 5.73 Å². The van der Waals surface area contributed by atoms with Crippen LogP contribution in [0.5, 0.6) is 0 Å². The molecule has 1 fully saturated rings. The zero-order valence-corrected chi connectivity index (χ0v) is 17.0. The number of aromatic nitrogens is 1. The van der Waals surface area contributed by atoms with Gasteiger partial charge in [-0.05, 0) is 24.5 Å². The Bertz CT molecular complexity index is 914. The van der Waals surface area contributed by atoms with Crippen molar-refractivity contribution >= 4 is 23.0 Å². The molecule has 3 atom stereocenters. The monoisotopic (exact) mass is 441 g/mol. The maximum atomic E-state index is 12.8. The van der Waals surface area contributed by atoms with Gasteiger partial charge >= 0.3 is 6.18 Å². The number of benzene rings is 1. The van der Waals surface area contributed by atoms with E-state index in [1.165, 1.54) is 11.3 Å². The highest BCUT2D eigenvalue weighted by molar-refractivity contribution is 7.13. The number of ketones is 1. The Morgan fingerprint density at radius 1 is 1.33 bits per heavy atom. The number of rotatable bonds is 6. The van der Waals surface area contributed by atoms with E-state index in [0.29, 0.717) is 6.42 Å². The van der Waals surface area contributed by atoms with Gasteiger partial charge in [0, 0.05) is 19.4 Å². The molecular formula is C20H22F3N3O3S. The molecule has 162 valence electrons. The predicted octanol–water partition coefficient (Wildman–Crippen LogP) is 2.47. The number of aliphatic hydroxyl groups excluding tert-OH is 1. The number of hydrogen-bond acceptors (Lipinski definition) is 6. The number of carbonyl (C=O) groups excluding carboxylic acids is 2. The molecule has 1 aliphatic heterocycles. The highest BCUT2D eigenvalue weighted by atomic mass is 32.1. The van der Waals surface area contributed by atoms with Gasteiger partial charge in [0.15, 0.2) is 11.8 Å². The van der Waals surface area contributed by atoms with Crippen LogP contribution < -0.4 is 5.73 Å². The quantitative estimate of drug-likeness (QED) is 0.718. The highest BCUT2D eigenvalue weighted by Crippen LogP contribution is 2.28. The van der Waals surface area contributed by atoms with Gasteiger partial charge in [-0.3, -0.25) is 9.59 Å². The van der Waals surface area contributed by atoms with Crippen molar-refractivity contribution in [1.82, 2.24) is 9.88 Å². The minimum atomic E-state index is -4.91. The Morgan fingerprint density at radius 2 is 2.00 bits per heavy atom. The lowest BCUT2D eigenvalue weighted by atomic mass is 10.00. The third-order valence-electron chi connectivity index (χ3n) is 5.17. The minimum absolute atomic E-state index is 0.0430. The molecule has 0 unspecified atom stereocenters. The summed E-state index contributed by atoms with van der Waals surface area (Å²) in [6.07, 6.45) is -5.62. The Balaban J connectivity index is 1.63. The number of Topliss-reactive ketones (excluding diaryl/α,β-unsaturated/α-hetero) is 1. The lowest BCUT2D eigenvalue weighted by molar-refractivity contribution is -0.171. The molecule has 2 heterocycles. The van der Waals surface area contributed by atoms with Crippen LogP contribution in [0.25, 0.3) is 10.4 Å². The van der Waals surface area contributed by atoms with Crippen LogP contribution in [0.1, 0.15) is 24.1 Å². The molecule has 0 aliphatic carbocycles. The van der Waals surface area contributed by atoms with Crippen molar-refractivity contribution in [2.45, 2.75) is 50.6 Å². The van der Waals surface area contributed by atoms with Crippen LogP contribution in [-0.2, 0) is 16.0 Å². The summed E-state index contributed by atoms with van der Waals surface area (Å²) in [5.74, 6) is -1.78. The molecule has 6 nitrogen and oxygen atoms in total. The number of amides is 1. The number of alkyl halides is 3. The maximum absolute atomic E-state index is 12.8. The van der Waals surface area contributed by atoms with E-state index in [0.717, 1.165) is 26.6 Å². The Kier molecular flexibility index (Phi) is 6.59. The van der Waals surface area contributed by atoms with Gasteiger partial charge in [0.2, 0.25) is 5.91 Å². The van der Waals surface area contributed by atoms with Crippen molar-refractivity contribution in [3.05, 3.63) is 41.0 Å². The van der Waals surface area contributed by atoms with Crippen LogP contribution >= 0.6 is 11.3 Å². The summed E-state index contributed by atoms with van der Waals surface area (Å²) in [4.78, 5) is 30.8. The molecule has 10 heteroatoms. The molecule has 0 saturated carbocycles. The number of aliphatic hydroxyl groups is 1. The zero-order valence-electron chi connectivity index (χ0n) is 16.2. The predicted molar refractivity (Wildman–Crippen MR) is 106 cm³/mol. The number of carbonyl (C=O) groups is 2. The number of halogens is 3.